The maximum atomic E-state index is 12.7. The Morgan fingerprint density at radius 1 is 1.11 bits per heavy atom. The molecule has 2 aromatic rings. The lowest BCUT2D eigenvalue weighted by Crippen LogP contribution is -2.38. The van der Waals surface area contributed by atoms with Crippen molar-refractivity contribution in [3.8, 4) is 6.07 Å². The highest BCUT2D eigenvalue weighted by molar-refractivity contribution is 7.89. The molecule has 0 atom stereocenters. The van der Waals surface area contributed by atoms with E-state index in [2.05, 4.69) is 10.8 Å². The molecule has 0 aromatic heterocycles. The lowest BCUT2D eigenvalue weighted by Gasteiger charge is -2.29. The molecule has 1 heterocycles. The third kappa shape index (κ3) is 4.73. The first kappa shape index (κ1) is 19.1. The van der Waals surface area contributed by atoms with E-state index in [9.17, 15) is 13.2 Å². The molecule has 6 nitrogen and oxygen atoms in total. The number of nitrogens with one attached hydrogen (secondary N) is 1. The van der Waals surface area contributed by atoms with Crippen molar-refractivity contribution in [2.24, 2.45) is 5.92 Å². The summed E-state index contributed by atoms with van der Waals surface area (Å²) >= 11 is 0. The van der Waals surface area contributed by atoms with Crippen LogP contribution in [0.15, 0.2) is 59.5 Å². The van der Waals surface area contributed by atoms with E-state index >= 15 is 0 Å². The van der Waals surface area contributed by atoms with Crippen LogP contribution in [0.2, 0.25) is 0 Å². The van der Waals surface area contributed by atoms with Crippen molar-refractivity contribution < 1.29 is 13.2 Å². The molecule has 3 rings (SSSR count). The maximum Gasteiger partial charge on any atom is 0.253 e. The van der Waals surface area contributed by atoms with Crippen LogP contribution in [0.5, 0.6) is 0 Å². The number of sulfonamides is 1. The molecule has 7 heteroatoms. The van der Waals surface area contributed by atoms with Crippen LogP contribution in [-0.2, 0) is 16.6 Å². The molecule has 1 saturated heterocycles. The lowest BCUT2D eigenvalue weighted by atomic mass is 9.98. The predicted molar refractivity (Wildman–Crippen MR) is 101 cm³/mol. The monoisotopic (exact) mass is 383 g/mol. The Morgan fingerprint density at radius 3 is 2.48 bits per heavy atom. The number of hydrogen-bond donors (Lipinski definition) is 1. The molecular weight excluding hydrogens is 362 g/mol. The summed E-state index contributed by atoms with van der Waals surface area (Å²) in [5, 5.41) is 8.96. The summed E-state index contributed by atoms with van der Waals surface area (Å²) in [6.45, 7) is 1.21. The van der Waals surface area contributed by atoms with Gasteiger partial charge in [-0.1, -0.05) is 36.4 Å². The molecule has 1 aliphatic heterocycles. The van der Waals surface area contributed by atoms with Crippen LogP contribution < -0.4 is 4.72 Å². The van der Waals surface area contributed by atoms with Gasteiger partial charge < -0.3 is 4.90 Å². The predicted octanol–water partition coefficient (Wildman–Crippen LogP) is 2.54. The van der Waals surface area contributed by atoms with Crippen molar-refractivity contribution in [1.29, 1.82) is 5.26 Å². The maximum absolute atomic E-state index is 12.7. The Kier molecular flexibility index (Phi) is 5.89. The number of piperidine rings is 1. The summed E-state index contributed by atoms with van der Waals surface area (Å²) in [6, 6.07) is 17.6. The molecular formula is C20H21N3O3S. The molecule has 0 bridgehead atoms. The number of carbonyl (C=O) groups excluding carboxylic acids is 1. The molecule has 1 aliphatic rings. The minimum atomic E-state index is -3.72. The highest BCUT2D eigenvalue weighted by Gasteiger charge is 2.24. The first-order valence-electron chi connectivity index (χ1n) is 8.82. The number of hydrogen-bond acceptors (Lipinski definition) is 4. The van der Waals surface area contributed by atoms with E-state index in [0.29, 0.717) is 31.5 Å². The SMILES string of the molecule is N#CC1CCN(C(=O)c2cccc(S(=O)(=O)NCc3ccccc3)c2)CC1. The molecule has 1 fully saturated rings. The van der Waals surface area contributed by atoms with Crippen LogP contribution in [0.1, 0.15) is 28.8 Å². The first-order chi connectivity index (χ1) is 13.0. The molecule has 0 aliphatic carbocycles. The number of nitriles is 1. The number of rotatable bonds is 5. The second-order valence-electron chi connectivity index (χ2n) is 6.53. The lowest BCUT2D eigenvalue weighted by molar-refractivity contribution is 0.0707. The van der Waals surface area contributed by atoms with Gasteiger partial charge in [-0.3, -0.25) is 4.79 Å². The van der Waals surface area contributed by atoms with Crippen LogP contribution in [-0.4, -0.2) is 32.3 Å². The number of nitrogens with zero attached hydrogens (tertiary/aromatic N) is 2. The third-order valence-electron chi connectivity index (χ3n) is 4.67. The molecule has 1 amide bonds. The van der Waals surface area contributed by atoms with Crippen LogP contribution in [0.25, 0.3) is 0 Å². The summed E-state index contributed by atoms with van der Waals surface area (Å²) < 4.78 is 27.7. The van der Waals surface area contributed by atoms with Gasteiger partial charge in [-0.25, -0.2) is 13.1 Å². The van der Waals surface area contributed by atoms with E-state index in [1.807, 2.05) is 30.3 Å². The fourth-order valence-electron chi connectivity index (χ4n) is 3.05. The Balaban J connectivity index is 1.71. The van der Waals surface area contributed by atoms with Crippen molar-refractivity contribution in [2.45, 2.75) is 24.3 Å². The average Bonchev–Trinajstić information content (AvgIpc) is 2.73. The minimum absolute atomic E-state index is 0.0112. The summed E-state index contributed by atoms with van der Waals surface area (Å²) in [4.78, 5) is 14.4. The Morgan fingerprint density at radius 2 is 1.81 bits per heavy atom. The standard InChI is InChI=1S/C20H21N3O3S/c21-14-16-9-11-23(12-10-16)20(24)18-7-4-8-19(13-18)27(25,26)22-15-17-5-2-1-3-6-17/h1-8,13,16,22H,9-12,15H2. The van der Waals surface area contributed by atoms with Gasteiger partial charge in [0.15, 0.2) is 0 Å². The van der Waals surface area contributed by atoms with Gasteiger partial charge in [0.25, 0.3) is 5.91 Å². The third-order valence-corrected chi connectivity index (χ3v) is 6.06. The van der Waals surface area contributed by atoms with E-state index in [4.69, 9.17) is 5.26 Å². The number of amides is 1. The van der Waals surface area contributed by atoms with Crippen molar-refractivity contribution in [2.75, 3.05) is 13.1 Å². The molecule has 1 N–H and O–H groups in total. The highest BCUT2D eigenvalue weighted by Crippen LogP contribution is 2.20. The summed E-state index contributed by atoms with van der Waals surface area (Å²) in [5.41, 5.74) is 1.20. The quantitative estimate of drug-likeness (QED) is 0.859. The Hall–Kier alpha value is -2.69. The molecule has 2 aromatic carbocycles. The molecule has 0 saturated carbocycles. The second-order valence-corrected chi connectivity index (χ2v) is 8.30. The van der Waals surface area contributed by atoms with Gasteiger partial charge in [0, 0.05) is 31.1 Å². The van der Waals surface area contributed by atoms with E-state index in [0.717, 1.165) is 5.56 Å². The Bertz CT molecular complexity index is 944. The van der Waals surface area contributed by atoms with E-state index in [1.54, 1.807) is 17.0 Å². The number of carbonyl (C=O) groups is 1. The van der Waals surface area contributed by atoms with Gasteiger partial charge >= 0.3 is 0 Å². The van der Waals surface area contributed by atoms with Crippen molar-refractivity contribution in [1.82, 2.24) is 9.62 Å². The van der Waals surface area contributed by atoms with Gasteiger partial charge in [-0.05, 0) is 36.6 Å². The summed E-state index contributed by atoms with van der Waals surface area (Å²) in [6.07, 6.45) is 1.30. The van der Waals surface area contributed by atoms with Crippen LogP contribution in [0.3, 0.4) is 0 Å². The second kappa shape index (κ2) is 8.33. The topological polar surface area (TPSA) is 90.3 Å². The van der Waals surface area contributed by atoms with E-state index < -0.39 is 10.0 Å². The zero-order valence-electron chi connectivity index (χ0n) is 14.8. The Labute approximate surface area is 159 Å². The highest BCUT2D eigenvalue weighted by atomic mass is 32.2. The fourth-order valence-corrected chi connectivity index (χ4v) is 4.11. The first-order valence-corrected chi connectivity index (χ1v) is 10.3. The van der Waals surface area contributed by atoms with Crippen molar-refractivity contribution in [3.63, 3.8) is 0 Å². The van der Waals surface area contributed by atoms with Gasteiger partial charge in [0.05, 0.1) is 11.0 Å². The average molecular weight is 383 g/mol. The van der Waals surface area contributed by atoms with Crippen LogP contribution >= 0.6 is 0 Å². The smallest absolute Gasteiger partial charge is 0.253 e. The fraction of sp³-hybridized carbons (Fsp3) is 0.300. The number of benzene rings is 2. The zero-order valence-corrected chi connectivity index (χ0v) is 15.7. The molecule has 140 valence electrons. The van der Waals surface area contributed by atoms with Crippen LogP contribution in [0, 0.1) is 17.2 Å². The molecule has 27 heavy (non-hydrogen) atoms. The van der Waals surface area contributed by atoms with Crippen LogP contribution in [0.4, 0.5) is 0 Å². The van der Waals surface area contributed by atoms with Gasteiger partial charge in [-0.15, -0.1) is 0 Å². The van der Waals surface area contributed by atoms with Gasteiger partial charge in [-0.2, -0.15) is 5.26 Å². The normalized spacial score (nSPS) is 15.3. The summed E-state index contributed by atoms with van der Waals surface area (Å²) in [5.74, 6) is -0.213. The molecule has 0 unspecified atom stereocenters. The zero-order chi connectivity index (χ0) is 19.3. The largest absolute Gasteiger partial charge is 0.339 e. The van der Waals surface area contributed by atoms with Gasteiger partial charge in [0.2, 0.25) is 10.0 Å². The van der Waals surface area contributed by atoms with Gasteiger partial charge in [0.1, 0.15) is 0 Å². The van der Waals surface area contributed by atoms with Crippen molar-refractivity contribution in [3.05, 3.63) is 65.7 Å². The molecule has 0 radical (unpaired) electrons. The summed E-state index contributed by atoms with van der Waals surface area (Å²) in [7, 11) is -3.72. The van der Waals surface area contributed by atoms with Crippen molar-refractivity contribution >= 4 is 15.9 Å². The van der Waals surface area contributed by atoms with E-state index in [1.165, 1.54) is 12.1 Å². The van der Waals surface area contributed by atoms with E-state index in [-0.39, 0.29) is 23.3 Å². The minimum Gasteiger partial charge on any atom is -0.339 e. The molecule has 0 spiro atoms. The number of likely N-dealkylation sites (tertiary alicyclic amines) is 1.